The molecule has 7 nitrogen and oxygen atoms in total. The van der Waals surface area contributed by atoms with E-state index >= 15 is 0 Å². The maximum atomic E-state index is 12.6. The minimum atomic E-state index is -0.134. The number of nitriles is 1. The van der Waals surface area contributed by atoms with Gasteiger partial charge in [-0.2, -0.15) is 5.26 Å². The van der Waals surface area contributed by atoms with Crippen LogP contribution in [0.25, 0.3) is 0 Å². The van der Waals surface area contributed by atoms with Gasteiger partial charge in [0, 0.05) is 11.4 Å². The zero-order valence-corrected chi connectivity index (χ0v) is 20.4. The third-order valence-corrected chi connectivity index (χ3v) is 6.53. The minimum Gasteiger partial charge on any atom is -0.486 e. The van der Waals surface area contributed by atoms with Gasteiger partial charge in [0.25, 0.3) is 0 Å². The monoisotopic (exact) mass is 481 g/mol. The van der Waals surface area contributed by atoms with Crippen LogP contribution in [0.3, 0.4) is 0 Å². The summed E-state index contributed by atoms with van der Waals surface area (Å²) in [5.41, 5.74) is 0.710. The van der Waals surface area contributed by atoms with E-state index in [1.807, 2.05) is 59.2 Å². The zero-order chi connectivity index (χ0) is 23.5. The van der Waals surface area contributed by atoms with Gasteiger partial charge in [0.2, 0.25) is 5.91 Å². The number of nitrogens with zero attached hydrogens (tertiary/aromatic N) is 4. The van der Waals surface area contributed by atoms with Crippen LogP contribution in [0.4, 0.5) is 5.69 Å². The van der Waals surface area contributed by atoms with E-state index in [4.69, 9.17) is 10.00 Å². The molecule has 2 aromatic carbocycles. The summed E-state index contributed by atoms with van der Waals surface area (Å²) in [7, 11) is 0. The molecule has 0 fully saturated rings. The van der Waals surface area contributed by atoms with E-state index in [1.54, 1.807) is 0 Å². The molecule has 0 aliphatic heterocycles. The van der Waals surface area contributed by atoms with Crippen LogP contribution in [-0.4, -0.2) is 32.2 Å². The number of aromatic nitrogens is 3. The lowest BCUT2D eigenvalue weighted by molar-refractivity contribution is -0.113. The van der Waals surface area contributed by atoms with Crippen molar-refractivity contribution in [2.75, 3.05) is 16.8 Å². The first-order chi connectivity index (χ1) is 16.1. The van der Waals surface area contributed by atoms with Crippen LogP contribution in [0.2, 0.25) is 0 Å². The van der Waals surface area contributed by atoms with E-state index in [2.05, 4.69) is 35.4 Å². The number of carbonyl (C=O) groups is 1. The topological polar surface area (TPSA) is 92.8 Å². The highest BCUT2D eigenvalue weighted by molar-refractivity contribution is 8.00. The van der Waals surface area contributed by atoms with Crippen LogP contribution in [0, 0.1) is 17.2 Å². The van der Waals surface area contributed by atoms with Crippen molar-refractivity contribution in [3.63, 3.8) is 0 Å². The molecule has 1 heterocycles. The summed E-state index contributed by atoms with van der Waals surface area (Å²) in [4.78, 5) is 13.5. The van der Waals surface area contributed by atoms with Crippen LogP contribution < -0.4 is 10.1 Å². The van der Waals surface area contributed by atoms with E-state index in [0.717, 1.165) is 29.4 Å². The molecule has 0 bridgehead atoms. The van der Waals surface area contributed by atoms with Crippen molar-refractivity contribution in [3.05, 3.63) is 60.4 Å². The summed E-state index contributed by atoms with van der Waals surface area (Å²) >= 11 is 2.75. The molecule has 1 N–H and O–H groups in total. The second kappa shape index (κ2) is 12.9. The predicted octanol–water partition coefficient (Wildman–Crippen LogP) is 5.25. The van der Waals surface area contributed by atoms with Gasteiger partial charge in [0.15, 0.2) is 11.0 Å². The smallest absolute Gasteiger partial charge is 0.234 e. The third-order valence-electron chi connectivity index (χ3n) is 4.62. The third kappa shape index (κ3) is 7.84. The maximum absolute atomic E-state index is 12.6. The van der Waals surface area contributed by atoms with Crippen molar-refractivity contribution in [1.29, 1.82) is 5.26 Å². The lowest BCUT2D eigenvalue weighted by Crippen LogP contribution is -2.16. The number of hydrogen-bond acceptors (Lipinski definition) is 7. The molecule has 1 aromatic heterocycles. The van der Waals surface area contributed by atoms with Crippen molar-refractivity contribution in [3.8, 4) is 11.8 Å². The first-order valence-corrected chi connectivity index (χ1v) is 12.6. The molecule has 0 spiro atoms. The summed E-state index contributed by atoms with van der Waals surface area (Å²) in [6, 6.07) is 19.2. The number of amides is 1. The molecule has 0 saturated heterocycles. The second-order valence-corrected chi connectivity index (χ2v) is 9.57. The van der Waals surface area contributed by atoms with E-state index in [0.29, 0.717) is 29.1 Å². The van der Waals surface area contributed by atoms with E-state index in [-0.39, 0.29) is 11.7 Å². The van der Waals surface area contributed by atoms with Crippen LogP contribution in [0.1, 0.15) is 26.1 Å². The summed E-state index contributed by atoms with van der Waals surface area (Å²) in [5, 5.41) is 21.1. The Morgan fingerprint density at radius 3 is 2.64 bits per heavy atom. The Balaban J connectivity index is 1.64. The molecule has 0 aliphatic carbocycles. The van der Waals surface area contributed by atoms with Crippen molar-refractivity contribution in [1.82, 2.24) is 14.8 Å². The fraction of sp³-hybridized carbons (Fsp3) is 0.333. The Labute approximate surface area is 202 Å². The SMILES string of the molecule is CC(C)CCn1c(COc2ccccc2)nnc1SCC(=O)Nc1ccccc1SCC#N. The molecule has 1 amide bonds. The minimum absolute atomic E-state index is 0.134. The summed E-state index contributed by atoms with van der Waals surface area (Å²) < 4.78 is 7.91. The predicted molar refractivity (Wildman–Crippen MR) is 132 cm³/mol. The largest absolute Gasteiger partial charge is 0.486 e. The van der Waals surface area contributed by atoms with Gasteiger partial charge in [-0.15, -0.1) is 22.0 Å². The van der Waals surface area contributed by atoms with Gasteiger partial charge in [-0.1, -0.05) is 55.9 Å². The standard InChI is InChI=1S/C24H27N5O2S2/c1-18(2)12-14-29-22(16-31-19-8-4-3-5-9-19)27-28-24(29)33-17-23(30)26-20-10-6-7-11-21(20)32-15-13-25/h3-11,18H,12,14-17H2,1-2H3,(H,26,30). The van der Waals surface area contributed by atoms with Crippen molar-refractivity contribution in [2.45, 2.75) is 43.5 Å². The van der Waals surface area contributed by atoms with Gasteiger partial charge in [0.05, 0.1) is 23.3 Å². The molecule has 0 atom stereocenters. The Morgan fingerprint density at radius 2 is 1.88 bits per heavy atom. The van der Waals surface area contributed by atoms with Gasteiger partial charge >= 0.3 is 0 Å². The van der Waals surface area contributed by atoms with Gasteiger partial charge in [0.1, 0.15) is 12.4 Å². The lowest BCUT2D eigenvalue weighted by atomic mass is 10.1. The number of benzene rings is 2. The molecule has 0 aliphatic rings. The van der Waals surface area contributed by atoms with Gasteiger partial charge in [-0.25, -0.2) is 0 Å². The Morgan fingerprint density at radius 1 is 1.12 bits per heavy atom. The normalized spacial score (nSPS) is 10.7. The summed E-state index contributed by atoms with van der Waals surface area (Å²) in [6.45, 7) is 5.42. The van der Waals surface area contributed by atoms with Crippen LogP contribution >= 0.6 is 23.5 Å². The molecule has 9 heteroatoms. The Kier molecular flexibility index (Phi) is 9.66. The number of hydrogen-bond donors (Lipinski definition) is 1. The summed E-state index contributed by atoms with van der Waals surface area (Å²) in [6.07, 6.45) is 0.972. The molecule has 0 unspecified atom stereocenters. The Bertz CT molecular complexity index is 1080. The molecule has 172 valence electrons. The Hall–Kier alpha value is -2.96. The van der Waals surface area contributed by atoms with Crippen molar-refractivity contribution >= 4 is 35.1 Å². The van der Waals surface area contributed by atoms with Crippen LogP contribution in [0.5, 0.6) is 5.75 Å². The highest BCUT2D eigenvalue weighted by atomic mass is 32.2. The quantitative estimate of drug-likeness (QED) is 0.353. The fourth-order valence-corrected chi connectivity index (χ4v) is 4.38. The van der Waals surface area contributed by atoms with Crippen LogP contribution in [0.15, 0.2) is 64.6 Å². The average Bonchev–Trinajstić information content (AvgIpc) is 3.21. The van der Waals surface area contributed by atoms with Gasteiger partial charge in [-0.3, -0.25) is 4.79 Å². The molecule has 33 heavy (non-hydrogen) atoms. The highest BCUT2D eigenvalue weighted by Crippen LogP contribution is 2.27. The molecular weight excluding hydrogens is 454 g/mol. The number of para-hydroxylation sites is 2. The van der Waals surface area contributed by atoms with Crippen molar-refractivity contribution in [2.24, 2.45) is 5.92 Å². The van der Waals surface area contributed by atoms with Gasteiger partial charge < -0.3 is 14.6 Å². The van der Waals surface area contributed by atoms with Crippen LogP contribution in [-0.2, 0) is 17.9 Å². The number of rotatable bonds is 12. The molecular formula is C24H27N5O2S2. The lowest BCUT2D eigenvalue weighted by Gasteiger charge is -2.13. The van der Waals surface area contributed by atoms with E-state index in [9.17, 15) is 4.79 Å². The number of ether oxygens (including phenoxy) is 1. The van der Waals surface area contributed by atoms with E-state index < -0.39 is 0 Å². The van der Waals surface area contributed by atoms with E-state index in [1.165, 1.54) is 23.5 Å². The molecule has 3 aromatic rings. The average molecular weight is 482 g/mol. The number of carbonyl (C=O) groups excluding carboxylic acids is 1. The van der Waals surface area contributed by atoms with Crippen molar-refractivity contribution < 1.29 is 9.53 Å². The molecule has 0 saturated carbocycles. The number of anilines is 1. The fourth-order valence-electron chi connectivity index (χ4n) is 2.93. The highest BCUT2D eigenvalue weighted by Gasteiger charge is 2.16. The molecule has 0 radical (unpaired) electrons. The molecule has 3 rings (SSSR count). The van der Waals surface area contributed by atoms with Gasteiger partial charge in [-0.05, 0) is 36.6 Å². The number of nitrogens with one attached hydrogen (secondary N) is 1. The zero-order valence-electron chi connectivity index (χ0n) is 18.7. The summed E-state index contributed by atoms with van der Waals surface area (Å²) in [5.74, 6) is 2.44. The first-order valence-electron chi connectivity index (χ1n) is 10.7. The first kappa shape index (κ1) is 24.7. The second-order valence-electron chi connectivity index (χ2n) is 7.61. The number of thioether (sulfide) groups is 2. The maximum Gasteiger partial charge on any atom is 0.234 e.